The number of methoxy groups -OCH3 is 1. The summed E-state index contributed by atoms with van der Waals surface area (Å²) < 4.78 is 5.03. The van der Waals surface area contributed by atoms with Crippen LogP contribution < -0.4 is 5.32 Å². The third-order valence-corrected chi connectivity index (χ3v) is 2.46. The fourth-order valence-electron chi connectivity index (χ4n) is 0.985. The maximum Gasteiger partial charge on any atom is 0.220 e. The van der Waals surface area contributed by atoms with E-state index in [-0.39, 0.29) is 24.3 Å². The van der Waals surface area contributed by atoms with Gasteiger partial charge in [0.1, 0.15) is 0 Å². The lowest BCUT2D eigenvalue weighted by molar-refractivity contribution is -0.129. The molecular weight excluding hydrogens is 206 g/mol. The zero-order valence-corrected chi connectivity index (χ0v) is 10.9. The van der Waals surface area contributed by atoms with Crippen molar-refractivity contribution >= 4 is 11.7 Å². The van der Waals surface area contributed by atoms with Crippen LogP contribution in [0.2, 0.25) is 0 Å². The SMILES string of the molecule is COC(C)CCC(=O)NCC(=O)C(C)(C)C. The molecule has 94 valence electrons. The molecule has 0 fully saturated rings. The maximum absolute atomic E-state index is 11.5. The number of ether oxygens (including phenoxy) is 1. The molecule has 0 spiro atoms. The lowest BCUT2D eigenvalue weighted by atomic mass is 9.91. The second-order valence-corrected chi connectivity index (χ2v) is 5.03. The van der Waals surface area contributed by atoms with Gasteiger partial charge >= 0.3 is 0 Å². The average Bonchev–Trinajstić information content (AvgIpc) is 2.20. The zero-order chi connectivity index (χ0) is 12.8. The van der Waals surface area contributed by atoms with Crippen LogP contribution in [0.1, 0.15) is 40.5 Å². The molecular formula is C12H23NO3. The first-order chi connectivity index (χ1) is 7.27. The number of rotatable bonds is 6. The Morgan fingerprint density at radius 3 is 2.31 bits per heavy atom. The minimum Gasteiger partial charge on any atom is -0.382 e. The van der Waals surface area contributed by atoms with Crippen molar-refractivity contribution in [2.75, 3.05) is 13.7 Å². The molecule has 1 N–H and O–H groups in total. The Morgan fingerprint density at radius 2 is 1.88 bits per heavy atom. The molecule has 0 aliphatic carbocycles. The van der Waals surface area contributed by atoms with Crippen LogP contribution in [0.4, 0.5) is 0 Å². The van der Waals surface area contributed by atoms with Gasteiger partial charge in [0.05, 0.1) is 12.6 Å². The predicted octanol–water partition coefficient (Wildman–Crippen LogP) is 1.53. The molecule has 0 aromatic carbocycles. The van der Waals surface area contributed by atoms with Crippen LogP contribution in [0, 0.1) is 5.41 Å². The summed E-state index contributed by atoms with van der Waals surface area (Å²) in [6.45, 7) is 7.55. The number of hydrogen-bond acceptors (Lipinski definition) is 3. The van der Waals surface area contributed by atoms with Crippen LogP contribution in [0.3, 0.4) is 0 Å². The Bertz CT molecular complexity index is 243. The Morgan fingerprint density at radius 1 is 1.31 bits per heavy atom. The highest BCUT2D eigenvalue weighted by molar-refractivity contribution is 5.89. The van der Waals surface area contributed by atoms with E-state index >= 15 is 0 Å². The van der Waals surface area contributed by atoms with Crippen molar-refractivity contribution < 1.29 is 14.3 Å². The van der Waals surface area contributed by atoms with E-state index in [1.165, 1.54) is 0 Å². The number of nitrogens with one attached hydrogen (secondary N) is 1. The summed E-state index contributed by atoms with van der Waals surface area (Å²) in [4.78, 5) is 22.9. The lowest BCUT2D eigenvalue weighted by Crippen LogP contribution is -2.35. The standard InChI is InChI=1S/C12H23NO3/c1-9(16-5)6-7-11(15)13-8-10(14)12(2,3)4/h9H,6-8H2,1-5H3,(H,13,15). The van der Waals surface area contributed by atoms with E-state index in [0.29, 0.717) is 12.8 Å². The molecule has 1 amide bonds. The average molecular weight is 229 g/mol. The van der Waals surface area contributed by atoms with Gasteiger partial charge in [-0.2, -0.15) is 0 Å². The Balaban J connectivity index is 3.78. The molecule has 0 aromatic heterocycles. The van der Waals surface area contributed by atoms with Gasteiger partial charge in [-0.1, -0.05) is 20.8 Å². The van der Waals surface area contributed by atoms with Gasteiger partial charge in [0.15, 0.2) is 5.78 Å². The number of carbonyl (C=O) groups is 2. The van der Waals surface area contributed by atoms with Gasteiger partial charge in [0.25, 0.3) is 0 Å². The molecule has 0 bridgehead atoms. The quantitative estimate of drug-likeness (QED) is 0.751. The molecule has 0 aliphatic heterocycles. The van der Waals surface area contributed by atoms with Crippen molar-refractivity contribution in [2.45, 2.75) is 46.6 Å². The van der Waals surface area contributed by atoms with Crippen molar-refractivity contribution in [3.63, 3.8) is 0 Å². The molecule has 16 heavy (non-hydrogen) atoms. The highest BCUT2D eigenvalue weighted by atomic mass is 16.5. The summed E-state index contributed by atoms with van der Waals surface area (Å²) in [6.07, 6.45) is 1.14. The lowest BCUT2D eigenvalue weighted by Gasteiger charge is -2.17. The van der Waals surface area contributed by atoms with Crippen molar-refractivity contribution in [3.8, 4) is 0 Å². The van der Waals surface area contributed by atoms with Crippen LogP contribution in [0.5, 0.6) is 0 Å². The molecule has 0 aliphatic rings. The van der Waals surface area contributed by atoms with Gasteiger partial charge < -0.3 is 10.1 Å². The molecule has 1 unspecified atom stereocenters. The van der Waals surface area contributed by atoms with Crippen molar-refractivity contribution in [1.82, 2.24) is 5.32 Å². The van der Waals surface area contributed by atoms with Crippen LogP contribution in [0.25, 0.3) is 0 Å². The van der Waals surface area contributed by atoms with Crippen molar-refractivity contribution in [1.29, 1.82) is 0 Å². The van der Waals surface area contributed by atoms with Crippen LogP contribution >= 0.6 is 0 Å². The van der Waals surface area contributed by atoms with Crippen LogP contribution in [-0.4, -0.2) is 31.4 Å². The van der Waals surface area contributed by atoms with E-state index in [1.54, 1.807) is 7.11 Å². The third kappa shape index (κ3) is 6.56. The predicted molar refractivity (Wildman–Crippen MR) is 63.2 cm³/mol. The van der Waals surface area contributed by atoms with Crippen LogP contribution in [0.15, 0.2) is 0 Å². The minimum absolute atomic E-state index is 0.0423. The first-order valence-electron chi connectivity index (χ1n) is 5.60. The van der Waals surface area contributed by atoms with Crippen molar-refractivity contribution in [2.24, 2.45) is 5.41 Å². The van der Waals surface area contributed by atoms with E-state index in [9.17, 15) is 9.59 Å². The first-order valence-corrected chi connectivity index (χ1v) is 5.60. The van der Waals surface area contributed by atoms with E-state index in [1.807, 2.05) is 27.7 Å². The normalized spacial score (nSPS) is 13.3. The Hall–Kier alpha value is -0.900. The maximum atomic E-state index is 11.5. The topological polar surface area (TPSA) is 55.4 Å². The summed E-state index contributed by atoms with van der Waals surface area (Å²) in [5.74, 6) is -0.0536. The van der Waals surface area contributed by atoms with Gasteiger partial charge in [-0.25, -0.2) is 0 Å². The zero-order valence-electron chi connectivity index (χ0n) is 10.9. The third-order valence-electron chi connectivity index (χ3n) is 2.46. The smallest absolute Gasteiger partial charge is 0.220 e. The summed E-state index contributed by atoms with van der Waals surface area (Å²) in [6, 6.07) is 0. The molecule has 0 saturated carbocycles. The Kier molecular flexibility index (Phi) is 6.26. The molecule has 0 rings (SSSR count). The summed E-state index contributed by atoms with van der Waals surface area (Å²) in [5.41, 5.74) is -0.396. The van der Waals surface area contributed by atoms with E-state index in [0.717, 1.165) is 0 Å². The van der Waals surface area contributed by atoms with Gasteiger partial charge in [-0.05, 0) is 13.3 Å². The molecule has 0 heterocycles. The highest BCUT2D eigenvalue weighted by Gasteiger charge is 2.21. The first kappa shape index (κ1) is 15.1. The number of ketones is 1. The van der Waals surface area contributed by atoms with Crippen LogP contribution in [-0.2, 0) is 14.3 Å². The molecule has 0 radical (unpaired) electrons. The second-order valence-electron chi connectivity index (χ2n) is 5.03. The van der Waals surface area contributed by atoms with E-state index in [4.69, 9.17) is 4.74 Å². The van der Waals surface area contributed by atoms with E-state index < -0.39 is 5.41 Å². The highest BCUT2D eigenvalue weighted by Crippen LogP contribution is 2.13. The minimum atomic E-state index is -0.396. The fraction of sp³-hybridized carbons (Fsp3) is 0.833. The van der Waals surface area contributed by atoms with Gasteiger partial charge in [-0.3, -0.25) is 9.59 Å². The molecule has 1 atom stereocenters. The molecule has 0 aromatic rings. The van der Waals surface area contributed by atoms with Gasteiger partial charge in [-0.15, -0.1) is 0 Å². The molecule has 4 heteroatoms. The largest absolute Gasteiger partial charge is 0.382 e. The number of hydrogen-bond donors (Lipinski definition) is 1. The Labute approximate surface area is 97.7 Å². The summed E-state index contributed by atoms with van der Waals surface area (Å²) >= 11 is 0. The van der Waals surface area contributed by atoms with Crippen molar-refractivity contribution in [3.05, 3.63) is 0 Å². The van der Waals surface area contributed by atoms with Gasteiger partial charge in [0, 0.05) is 18.9 Å². The summed E-state index contributed by atoms with van der Waals surface area (Å²) in [5, 5.41) is 2.62. The number of amides is 1. The number of carbonyl (C=O) groups excluding carboxylic acids is 2. The van der Waals surface area contributed by atoms with E-state index in [2.05, 4.69) is 5.32 Å². The summed E-state index contributed by atoms with van der Waals surface area (Å²) in [7, 11) is 1.62. The fourth-order valence-corrected chi connectivity index (χ4v) is 0.985. The molecule has 4 nitrogen and oxygen atoms in total. The monoisotopic (exact) mass is 229 g/mol. The second kappa shape index (κ2) is 6.63. The molecule has 0 saturated heterocycles. The van der Waals surface area contributed by atoms with Gasteiger partial charge in [0.2, 0.25) is 5.91 Å². The number of Topliss-reactive ketones (excluding diaryl/α,β-unsaturated/α-hetero) is 1.